The van der Waals surface area contributed by atoms with Crippen molar-refractivity contribution in [2.75, 3.05) is 18.8 Å². The standard InChI is InChI=1S/C17H22N6O/c1-12-19-6-4-15(22-12)17(24)23-7-2-3-13(5-8-23)9-14-10-21-16(18)11-20-14/h4,6,10-11,13H,2-3,5,7-9H2,1H3,(H2,18,21)/t13-/m0/s1. The first kappa shape index (κ1) is 16.3. The lowest BCUT2D eigenvalue weighted by Gasteiger charge is -2.20. The molecule has 3 rings (SSSR count). The number of aryl methyl sites for hydroxylation is 1. The molecule has 0 unspecified atom stereocenters. The van der Waals surface area contributed by atoms with Gasteiger partial charge in [0.05, 0.1) is 18.1 Å². The number of carbonyl (C=O) groups excluding carboxylic acids is 1. The molecule has 1 fully saturated rings. The second-order valence-electron chi connectivity index (χ2n) is 6.21. The van der Waals surface area contributed by atoms with Crippen molar-refractivity contribution in [3.05, 3.63) is 41.9 Å². The van der Waals surface area contributed by atoms with Crippen LogP contribution in [0.15, 0.2) is 24.7 Å². The van der Waals surface area contributed by atoms with E-state index in [1.807, 2.05) is 4.90 Å². The van der Waals surface area contributed by atoms with Gasteiger partial charge >= 0.3 is 0 Å². The van der Waals surface area contributed by atoms with E-state index in [0.29, 0.717) is 23.3 Å². The molecule has 2 N–H and O–H groups in total. The summed E-state index contributed by atoms with van der Waals surface area (Å²) >= 11 is 0. The molecule has 24 heavy (non-hydrogen) atoms. The fourth-order valence-electron chi connectivity index (χ4n) is 3.08. The van der Waals surface area contributed by atoms with Crippen molar-refractivity contribution in [3.8, 4) is 0 Å². The third-order valence-corrected chi connectivity index (χ3v) is 4.35. The van der Waals surface area contributed by atoms with Gasteiger partial charge in [0.15, 0.2) is 0 Å². The van der Waals surface area contributed by atoms with Crippen molar-refractivity contribution in [1.82, 2.24) is 24.8 Å². The van der Waals surface area contributed by atoms with Crippen molar-refractivity contribution in [2.45, 2.75) is 32.6 Å². The first-order chi connectivity index (χ1) is 11.6. The summed E-state index contributed by atoms with van der Waals surface area (Å²) in [5.41, 5.74) is 7.01. The van der Waals surface area contributed by atoms with Crippen LogP contribution in [-0.4, -0.2) is 43.8 Å². The van der Waals surface area contributed by atoms with E-state index in [9.17, 15) is 4.79 Å². The van der Waals surface area contributed by atoms with E-state index in [-0.39, 0.29) is 5.91 Å². The molecule has 0 bridgehead atoms. The Morgan fingerprint density at radius 3 is 2.88 bits per heavy atom. The van der Waals surface area contributed by atoms with Gasteiger partial charge in [-0.25, -0.2) is 15.0 Å². The molecule has 1 amide bonds. The number of nitrogens with two attached hydrogens (primary N) is 1. The molecule has 1 atom stereocenters. The zero-order valence-corrected chi connectivity index (χ0v) is 13.9. The van der Waals surface area contributed by atoms with E-state index in [1.165, 1.54) is 0 Å². The fraction of sp³-hybridized carbons (Fsp3) is 0.471. The van der Waals surface area contributed by atoms with E-state index in [0.717, 1.165) is 44.5 Å². The Morgan fingerprint density at radius 2 is 2.12 bits per heavy atom. The van der Waals surface area contributed by atoms with Gasteiger partial charge in [0.1, 0.15) is 17.3 Å². The maximum atomic E-state index is 12.6. The van der Waals surface area contributed by atoms with E-state index in [1.54, 1.807) is 31.6 Å². The molecule has 2 aromatic rings. The van der Waals surface area contributed by atoms with Crippen molar-refractivity contribution in [1.29, 1.82) is 0 Å². The van der Waals surface area contributed by atoms with Crippen LogP contribution in [0.1, 0.15) is 41.3 Å². The Balaban J connectivity index is 1.60. The van der Waals surface area contributed by atoms with Crippen LogP contribution in [0.25, 0.3) is 0 Å². The average molecular weight is 326 g/mol. The highest BCUT2D eigenvalue weighted by molar-refractivity contribution is 5.92. The molecule has 7 nitrogen and oxygen atoms in total. The molecule has 0 radical (unpaired) electrons. The summed E-state index contributed by atoms with van der Waals surface area (Å²) in [5.74, 6) is 1.56. The summed E-state index contributed by atoms with van der Waals surface area (Å²) < 4.78 is 0. The third-order valence-electron chi connectivity index (χ3n) is 4.35. The summed E-state index contributed by atoms with van der Waals surface area (Å²) in [5, 5.41) is 0. The summed E-state index contributed by atoms with van der Waals surface area (Å²) in [4.78, 5) is 31.2. The quantitative estimate of drug-likeness (QED) is 0.921. The van der Waals surface area contributed by atoms with Crippen molar-refractivity contribution in [2.24, 2.45) is 5.92 Å². The van der Waals surface area contributed by atoms with Crippen molar-refractivity contribution in [3.63, 3.8) is 0 Å². The van der Waals surface area contributed by atoms with Gasteiger partial charge < -0.3 is 10.6 Å². The zero-order valence-electron chi connectivity index (χ0n) is 13.9. The molecule has 1 saturated heterocycles. The molecule has 0 spiro atoms. The molecular weight excluding hydrogens is 304 g/mol. The Labute approximate surface area is 141 Å². The number of likely N-dealkylation sites (tertiary alicyclic amines) is 1. The SMILES string of the molecule is Cc1nccc(C(=O)N2CCC[C@H](Cc3cnc(N)cn3)CC2)n1. The van der Waals surface area contributed by atoms with Crippen LogP contribution in [0.5, 0.6) is 0 Å². The number of rotatable bonds is 3. The van der Waals surface area contributed by atoms with Gasteiger partial charge in [0, 0.05) is 19.3 Å². The molecule has 7 heteroatoms. The number of amides is 1. The Kier molecular flexibility index (Phi) is 4.98. The van der Waals surface area contributed by atoms with Crippen LogP contribution in [0, 0.1) is 12.8 Å². The molecule has 1 aliphatic rings. The molecule has 0 aliphatic carbocycles. The minimum absolute atomic E-state index is 0.00609. The Morgan fingerprint density at radius 1 is 1.25 bits per heavy atom. The molecule has 0 saturated carbocycles. The van der Waals surface area contributed by atoms with Gasteiger partial charge in [-0.15, -0.1) is 0 Å². The molecule has 2 aromatic heterocycles. The number of carbonyl (C=O) groups is 1. The predicted molar refractivity (Wildman–Crippen MR) is 90.2 cm³/mol. The van der Waals surface area contributed by atoms with Crippen LogP contribution in [0.3, 0.4) is 0 Å². The minimum Gasteiger partial charge on any atom is -0.382 e. The summed E-state index contributed by atoms with van der Waals surface area (Å²) in [6, 6.07) is 1.68. The highest BCUT2D eigenvalue weighted by Crippen LogP contribution is 2.22. The molecule has 126 valence electrons. The summed E-state index contributed by atoms with van der Waals surface area (Å²) in [6.45, 7) is 3.31. The monoisotopic (exact) mass is 326 g/mol. The molecule has 3 heterocycles. The first-order valence-electron chi connectivity index (χ1n) is 8.27. The van der Waals surface area contributed by atoms with Crippen molar-refractivity contribution >= 4 is 11.7 Å². The normalized spacial score (nSPS) is 18.2. The molecule has 1 aliphatic heterocycles. The molecule has 0 aromatic carbocycles. The first-order valence-corrected chi connectivity index (χ1v) is 8.27. The third kappa shape index (κ3) is 4.04. The van der Waals surface area contributed by atoms with Crippen molar-refractivity contribution < 1.29 is 4.79 Å². The van der Waals surface area contributed by atoms with Crippen LogP contribution < -0.4 is 5.73 Å². The van der Waals surface area contributed by atoms with Gasteiger partial charge in [-0.3, -0.25) is 9.78 Å². The Hall–Kier alpha value is -2.57. The highest BCUT2D eigenvalue weighted by Gasteiger charge is 2.23. The van der Waals surface area contributed by atoms with Gasteiger partial charge in [-0.05, 0) is 44.6 Å². The average Bonchev–Trinajstić information content (AvgIpc) is 2.82. The maximum absolute atomic E-state index is 12.6. The van der Waals surface area contributed by atoms with E-state index in [4.69, 9.17) is 5.73 Å². The number of aromatic nitrogens is 4. The lowest BCUT2D eigenvalue weighted by Crippen LogP contribution is -2.32. The number of hydrogen-bond acceptors (Lipinski definition) is 6. The number of nitrogen functional groups attached to an aromatic ring is 1. The molecular formula is C17H22N6O. The lowest BCUT2D eigenvalue weighted by atomic mass is 9.95. The smallest absolute Gasteiger partial charge is 0.272 e. The van der Waals surface area contributed by atoms with Crippen LogP contribution in [0.2, 0.25) is 0 Å². The topological polar surface area (TPSA) is 97.9 Å². The van der Waals surface area contributed by atoms with Crippen LogP contribution in [0.4, 0.5) is 5.82 Å². The summed E-state index contributed by atoms with van der Waals surface area (Å²) in [7, 11) is 0. The van der Waals surface area contributed by atoms with Gasteiger partial charge in [-0.2, -0.15) is 0 Å². The second kappa shape index (κ2) is 7.33. The predicted octanol–water partition coefficient (Wildman–Crippen LogP) is 1.64. The van der Waals surface area contributed by atoms with E-state index >= 15 is 0 Å². The zero-order chi connectivity index (χ0) is 16.9. The van der Waals surface area contributed by atoms with Crippen LogP contribution in [-0.2, 0) is 6.42 Å². The van der Waals surface area contributed by atoms with E-state index in [2.05, 4.69) is 19.9 Å². The van der Waals surface area contributed by atoms with Crippen LogP contribution >= 0.6 is 0 Å². The number of anilines is 1. The fourth-order valence-corrected chi connectivity index (χ4v) is 3.08. The maximum Gasteiger partial charge on any atom is 0.272 e. The highest BCUT2D eigenvalue weighted by atomic mass is 16.2. The van der Waals surface area contributed by atoms with E-state index < -0.39 is 0 Å². The number of nitrogens with zero attached hydrogens (tertiary/aromatic N) is 5. The Bertz CT molecular complexity index is 702. The lowest BCUT2D eigenvalue weighted by molar-refractivity contribution is 0.0753. The number of hydrogen-bond donors (Lipinski definition) is 1. The second-order valence-corrected chi connectivity index (χ2v) is 6.21. The minimum atomic E-state index is -0.00609. The largest absolute Gasteiger partial charge is 0.382 e. The summed E-state index contributed by atoms with van der Waals surface area (Å²) in [6.07, 6.45) is 8.88. The van der Waals surface area contributed by atoms with Gasteiger partial charge in [0.2, 0.25) is 0 Å². The van der Waals surface area contributed by atoms with Gasteiger partial charge in [0.25, 0.3) is 5.91 Å². The van der Waals surface area contributed by atoms with Gasteiger partial charge in [-0.1, -0.05) is 0 Å².